The highest BCUT2D eigenvalue weighted by Crippen LogP contribution is 2.35. The molecule has 0 saturated heterocycles. The molecule has 0 aromatic heterocycles. The normalized spacial score (nSPS) is 11.1. The summed E-state index contributed by atoms with van der Waals surface area (Å²) in [5, 5.41) is 2.85. The van der Waals surface area contributed by atoms with Crippen LogP contribution in [-0.4, -0.2) is 48.8 Å². The summed E-state index contributed by atoms with van der Waals surface area (Å²) < 4.78 is 44.3. The van der Waals surface area contributed by atoms with E-state index in [0.29, 0.717) is 33.9 Å². The van der Waals surface area contributed by atoms with E-state index in [2.05, 4.69) is 5.32 Å². The molecule has 1 amide bonds. The van der Waals surface area contributed by atoms with Crippen LogP contribution in [0.25, 0.3) is 11.1 Å². The molecule has 0 fully saturated rings. The van der Waals surface area contributed by atoms with Crippen LogP contribution in [0, 0.1) is 5.82 Å². The van der Waals surface area contributed by atoms with Crippen LogP contribution in [-0.2, 0) is 10.0 Å². The summed E-state index contributed by atoms with van der Waals surface area (Å²) in [7, 11) is 2.94. The molecule has 7 nitrogen and oxygen atoms in total. The predicted octanol–water partition coefficient (Wildman–Crippen LogP) is 4.22. The fraction of sp³-hybridized carbons (Fsp3) is 0.208. The van der Waals surface area contributed by atoms with E-state index in [1.54, 1.807) is 67.5 Å². The largest absolute Gasteiger partial charge is 0.495 e. The van der Waals surface area contributed by atoms with Gasteiger partial charge in [-0.2, -0.15) is 0 Å². The smallest absolute Gasteiger partial charge is 0.257 e. The lowest BCUT2D eigenvalue weighted by Gasteiger charge is -2.23. The number of anilines is 3. The van der Waals surface area contributed by atoms with E-state index in [1.807, 2.05) is 0 Å². The molecular weight excluding hydrogens is 445 g/mol. The lowest BCUT2D eigenvalue weighted by Crippen LogP contribution is -2.27. The summed E-state index contributed by atoms with van der Waals surface area (Å²) in [6.07, 6.45) is 1.08. The lowest BCUT2D eigenvalue weighted by molar-refractivity contribution is 0.102. The number of ether oxygens (including phenoxy) is 1. The third-order valence-corrected chi connectivity index (χ3v) is 6.36. The van der Waals surface area contributed by atoms with Crippen LogP contribution in [0.2, 0.25) is 0 Å². The Bertz CT molecular complexity index is 1280. The standard InChI is InChI=1S/C24H26FN3O4S/c1-27(2)23-19(7-6-8-22(23)32-4)24(29)26-20-15-17(16-9-12-18(25)13-10-16)11-14-21(20)28(3)33(5,30)31/h6-15H,1-5H3,(H,26,29). The Morgan fingerprint density at radius 1 is 0.970 bits per heavy atom. The van der Waals surface area contributed by atoms with Crippen LogP contribution < -0.4 is 19.3 Å². The van der Waals surface area contributed by atoms with Gasteiger partial charge in [-0.05, 0) is 47.5 Å². The second-order valence-corrected chi connectivity index (χ2v) is 9.69. The molecule has 33 heavy (non-hydrogen) atoms. The van der Waals surface area contributed by atoms with Gasteiger partial charge in [-0.15, -0.1) is 0 Å². The fourth-order valence-electron chi connectivity index (χ4n) is 3.43. The molecule has 0 aliphatic heterocycles. The summed E-state index contributed by atoms with van der Waals surface area (Å²) in [5.41, 5.74) is 2.95. The van der Waals surface area contributed by atoms with Crippen LogP contribution in [0.15, 0.2) is 60.7 Å². The van der Waals surface area contributed by atoms with Gasteiger partial charge in [-0.3, -0.25) is 9.10 Å². The number of nitrogens with one attached hydrogen (secondary N) is 1. The summed E-state index contributed by atoms with van der Waals surface area (Å²) >= 11 is 0. The van der Waals surface area contributed by atoms with E-state index in [4.69, 9.17) is 4.74 Å². The van der Waals surface area contributed by atoms with Crippen LogP contribution >= 0.6 is 0 Å². The Morgan fingerprint density at radius 3 is 2.18 bits per heavy atom. The molecule has 0 aliphatic rings. The van der Waals surface area contributed by atoms with E-state index >= 15 is 0 Å². The highest BCUT2D eigenvalue weighted by molar-refractivity contribution is 7.92. The van der Waals surface area contributed by atoms with E-state index < -0.39 is 15.9 Å². The van der Waals surface area contributed by atoms with Gasteiger partial charge in [-0.25, -0.2) is 12.8 Å². The quantitative estimate of drug-likeness (QED) is 0.558. The third kappa shape index (κ3) is 5.25. The molecule has 3 aromatic rings. The zero-order valence-corrected chi connectivity index (χ0v) is 19.9. The molecule has 9 heteroatoms. The molecule has 0 radical (unpaired) electrons. The van der Waals surface area contributed by atoms with Crippen LogP contribution in [0.4, 0.5) is 21.5 Å². The van der Waals surface area contributed by atoms with Gasteiger partial charge in [-0.1, -0.05) is 24.3 Å². The average molecular weight is 472 g/mol. The minimum absolute atomic E-state index is 0.294. The number of nitrogens with zero attached hydrogens (tertiary/aromatic N) is 2. The van der Waals surface area contributed by atoms with Crippen molar-refractivity contribution >= 4 is 33.0 Å². The van der Waals surface area contributed by atoms with E-state index in [0.717, 1.165) is 16.1 Å². The molecule has 0 spiro atoms. The first-order chi connectivity index (χ1) is 15.5. The van der Waals surface area contributed by atoms with E-state index in [-0.39, 0.29) is 5.82 Å². The van der Waals surface area contributed by atoms with Gasteiger partial charge in [0.2, 0.25) is 10.0 Å². The molecule has 0 heterocycles. The van der Waals surface area contributed by atoms with Crippen molar-refractivity contribution in [3.05, 3.63) is 72.0 Å². The van der Waals surface area contributed by atoms with Gasteiger partial charge >= 0.3 is 0 Å². The van der Waals surface area contributed by atoms with Gasteiger partial charge < -0.3 is 15.0 Å². The Morgan fingerprint density at radius 2 is 1.61 bits per heavy atom. The summed E-state index contributed by atoms with van der Waals surface area (Å²) in [4.78, 5) is 15.1. The number of carbonyl (C=O) groups is 1. The molecule has 3 rings (SSSR count). The molecular formula is C24H26FN3O4S. The maximum absolute atomic E-state index is 13.4. The molecule has 1 N–H and O–H groups in total. The Balaban J connectivity index is 2.11. The van der Waals surface area contributed by atoms with Crippen LogP contribution in [0.1, 0.15) is 10.4 Å². The molecule has 0 saturated carbocycles. The van der Waals surface area contributed by atoms with E-state index in [1.165, 1.54) is 26.3 Å². The number of para-hydroxylation sites is 1. The second kappa shape index (κ2) is 9.50. The van der Waals surface area contributed by atoms with Gasteiger partial charge in [0.1, 0.15) is 11.6 Å². The molecule has 0 aliphatic carbocycles. The molecule has 174 valence electrons. The van der Waals surface area contributed by atoms with E-state index in [9.17, 15) is 17.6 Å². The molecule has 0 unspecified atom stereocenters. The Hall–Kier alpha value is -3.59. The monoisotopic (exact) mass is 471 g/mol. The number of sulfonamides is 1. The Kier molecular flexibility index (Phi) is 6.92. The van der Waals surface area contributed by atoms with Crippen LogP contribution in [0.5, 0.6) is 5.75 Å². The van der Waals surface area contributed by atoms with Gasteiger partial charge in [0.15, 0.2) is 0 Å². The predicted molar refractivity (Wildman–Crippen MR) is 130 cm³/mol. The Labute approximate surface area is 193 Å². The molecule has 0 bridgehead atoms. The number of benzene rings is 3. The second-order valence-electron chi connectivity index (χ2n) is 7.67. The van der Waals surface area contributed by atoms with Crippen LogP contribution in [0.3, 0.4) is 0 Å². The van der Waals surface area contributed by atoms with Crippen molar-refractivity contribution < 1.29 is 22.3 Å². The average Bonchev–Trinajstić information content (AvgIpc) is 2.77. The lowest BCUT2D eigenvalue weighted by atomic mass is 10.0. The molecule has 3 aromatic carbocycles. The summed E-state index contributed by atoms with van der Waals surface area (Å²) in [5.74, 6) is -0.270. The van der Waals surface area contributed by atoms with Crippen molar-refractivity contribution in [1.82, 2.24) is 0 Å². The summed E-state index contributed by atoms with van der Waals surface area (Å²) in [6, 6.07) is 16.0. The maximum atomic E-state index is 13.4. The number of hydrogen-bond acceptors (Lipinski definition) is 5. The van der Waals surface area contributed by atoms with Crippen molar-refractivity contribution in [2.75, 3.05) is 49.0 Å². The zero-order valence-electron chi connectivity index (χ0n) is 19.1. The van der Waals surface area contributed by atoms with Crippen molar-refractivity contribution in [1.29, 1.82) is 0 Å². The van der Waals surface area contributed by atoms with Gasteiger partial charge in [0.05, 0.1) is 36.0 Å². The SMILES string of the molecule is COc1cccc(C(=O)Nc2cc(-c3ccc(F)cc3)ccc2N(C)S(C)(=O)=O)c1N(C)C. The van der Waals surface area contributed by atoms with Crippen molar-refractivity contribution in [2.24, 2.45) is 0 Å². The number of methoxy groups -OCH3 is 1. The van der Waals surface area contributed by atoms with Crippen molar-refractivity contribution in [3.8, 4) is 16.9 Å². The van der Waals surface area contributed by atoms with Crippen molar-refractivity contribution in [3.63, 3.8) is 0 Å². The third-order valence-electron chi connectivity index (χ3n) is 5.17. The highest BCUT2D eigenvalue weighted by atomic mass is 32.2. The molecule has 0 atom stereocenters. The number of hydrogen-bond donors (Lipinski definition) is 1. The van der Waals surface area contributed by atoms with Gasteiger partial charge in [0, 0.05) is 21.1 Å². The zero-order chi connectivity index (χ0) is 24.3. The number of carbonyl (C=O) groups excluding carboxylic acids is 1. The van der Waals surface area contributed by atoms with Gasteiger partial charge in [0.25, 0.3) is 5.91 Å². The summed E-state index contributed by atoms with van der Waals surface area (Å²) in [6.45, 7) is 0. The first kappa shape index (κ1) is 24.1. The van der Waals surface area contributed by atoms with Crippen molar-refractivity contribution in [2.45, 2.75) is 0 Å². The number of rotatable bonds is 7. The first-order valence-corrected chi connectivity index (χ1v) is 11.9. The minimum Gasteiger partial charge on any atom is -0.495 e. The first-order valence-electron chi connectivity index (χ1n) is 10.0. The number of halogens is 1. The maximum Gasteiger partial charge on any atom is 0.257 e. The fourth-order valence-corrected chi connectivity index (χ4v) is 3.95. The minimum atomic E-state index is -3.59. The topological polar surface area (TPSA) is 79.0 Å². The highest BCUT2D eigenvalue weighted by Gasteiger charge is 2.21. The number of amides is 1.